The molecule has 0 aliphatic heterocycles. The standard InChI is InChI=1S/C9H8BrN3O3/c10-6-1-3-7(4-2-6)12-13-8(5-11-16)9(14)15/h1-5,12,16H,(H,14,15)/b11-5+,13-8+. The van der Waals surface area contributed by atoms with Crippen LogP contribution in [0, 0.1) is 0 Å². The molecule has 1 rings (SSSR count). The van der Waals surface area contributed by atoms with E-state index < -0.39 is 11.7 Å². The molecule has 0 saturated heterocycles. The number of carbonyl (C=O) groups is 1. The summed E-state index contributed by atoms with van der Waals surface area (Å²) in [5.41, 5.74) is 2.74. The number of rotatable bonds is 4. The van der Waals surface area contributed by atoms with Crippen molar-refractivity contribution in [1.29, 1.82) is 0 Å². The van der Waals surface area contributed by atoms with Crippen LogP contribution >= 0.6 is 15.9 Å². The highest BCUT2D eigenvalue weighted by atomic mass is 79.9. The van der Waals surface area contributed by atoms with Gasteiger partial charge in [0.05, 0.1) is 5.69 Å². The molecule has 0 radical (unpaired) electrons. The smallest absolute Gasteiger partial charge is 0.358 e. The largest absolute Gasteiger partial charge is 0.476 e. The molecule has 7 heteroatoms. The summed E-state index contributed by atoms with van der Waals surface area (Å²) in [6, 6.07) is 6.98. The highest BCUT2D eigenvalue weighted by Gasteiger charge is 2.06. The van der Waals surface area contributed by atoms with Crippen LogP contribution in [0.25, 0.3) is 0 Å². The quantitative estimate of drug-likeness (QED) is 0.446. The number of carboxylic acids is 1. The van der Waals surface area contributed by atoms with Crippen LogP contribution in [0.3, 0.4) is 0 Å². The Morgan fingerprint density at radius 3 is 2.50 bits per heavy atom. The van der Waals surface area contributed by atoms with Crippen molar-refractivity contribution in [3.63, 3.8) is 0 Å². The molecular formula is C9H8BrN3O3. The second kappa shape index (κ2) is 5.86. The number of halogens is 1. The van der Waals surface area contributed by atoms with Crippen molar-refractivity contribution < 1.29 is 15.1 Å². The van der Waals surface area contributed by atoms with Crippen molar-refractivity contribution >= 4 is 39.5 Å². The van der Waals surface area contributed by atoms with E-state index in [4.69, 9.17) is 10.3 Å². The Kier molecular flexibility index (Phi) is 4.46. The molecule has 0 aliphatic carbocycles. The van der Waals surface area contributed by atoms with Crippen LogP contribution in [-0.4, -0.2) is 28.2 Å². The first-order chi connectivity index (χ1) is 7.63. The molecular weight excluding hydrogens is 278 g/mol. The highest BCUT2D eigenvalue weighted by Crippen LogP contribution is 2.13. The van der Waals surface area contributed by atoms with Crippen LogP contribution in [0.5, 0.6) is 0 Å². The number of hydrogen-bond donors (Lipinski definition) is 3. The average molecular weight is 286 g/mol. The van der Waals surface area contributed by atoms with Crippen molar-refractivity contribution in [3.8, 4) is 0 Å². The molecule has 0 unspecified atom stereocenters. The summed E-state index contributed by atoms with van der Waals surface area (Å²) >= 11 is 3.26. The van der Waals surface area contributed by atoms with Crippen LogP contribution < -0.4 is 5.43 Å². The third-order valence-electron chi connectivity index (χ3n) is 1.55. The summed E-state index contributed by atoms with van der Waals surface area (Å²) in [6.07, 6.45) is 0.730. The van der Waals surface area contributed by atoms with Crippen LogP contribution in [0.4, 0.5) is 5.69 Å². The number of nitrogens with one attached hydrogen (secondary N) is 1. The van der Waals surface area contributed by atoms with Crippen molar-refractivity contribution in [1.82, 2.24) is 0 Å². The molecule has 0 spiro atoms. The molecule has 0 fully saturated rings. The van der Waals surface area contributed by atoms with E-state index in [1.807, 2.05) is 0 Å². The predicted molar refractivity (Wildman–Crippen MR) is 63.1 cm³/mol. The summed E-state index contributed by atoms with van der Waals surface area (Å²) in [5, 5.41) is 23.0. The molecule has 3 N–H and O–H groups in total. The summed E-state index contributed by atoms with van der Waals surface area (Å²) in [6.45, 7) is 0. The van der Waals surface area contributed by atoms with E-state index in [9.17, 15) is 4.79 Å². The van der Waals surface area contributed by atoms with Gasteiger partial charge in [0.15, 0.2) is 5.71 Å². The molecule has 0 atom stereocenters. The maximum atomic E-state index is 10.6. The molecule has 0 bridgehead atoms. The fraction of sp³-hybridized carbons (Fsp3) is 0. The van der Waals surface area contributed by atoms with Crippen molar-refractivity contribution in [3.05, 3.63) is 28.7 Å². The van der Waals surface area contributed by atoms with Crippen LogP contribution in [-0.2, 0) is 4.79 Å². The van der Waals surface area contributed by atoms with Gasteiger partial charge in [0.1, 0.15) is 6.21 Å². The highest BCUT2D eigenvalue weighted by molar-refractivity contribution is 9.10. The maximum Gasteiger partial charge on any atom is 0.358 e. The number of aliphatic carboxylic acids is 1. The van der Waals surface area contributed by atoms with E-state index in [2.05, 4.69) is 31.6 Å². The number of oxime groups is 1. The normalized spacial score (nSPS) is 11.7. The molecule has 84 valence electrons. The zero-order valence-corrected chi connectivity index (χ0v) is 9.55. The molecule has 6 nitrogen and oxygen atoms in total. The second-order valence-corrected chi connectivity index (χ2v) is 3.58. The fourth-order valence-electron chi connectivity index (χ4n) is 0.836. The Labute approximate surface area is 99.4 Å². The first kappa shape index (κ1) is 12.2. The van der Waals surface area contributed by atoms with E-state index in [1.54, 1.807) is 24.3 Å². The van der Waals surface area contributed by atoms with Gasteiger partial charge in [-0.15, -0.1) is 0 Å². The third kappa shape index (κ3) is 3.70. The third-order valence-corrected chi connectivity index (χ3v) is 2.08. The van der Waals surface area contributed by atoms with Gasteiger partial charge in [0.2, 0.25) is 0 Å². The monoisotopic (exact) mass is 285 g/mol. The molecule has 1 aromatic rings. The summed E-state index contributed by atoms with van der Waals surface area (Å²) in [4.78, 5) is 10.6. The van der Waals surface area contributed by atoms with Gasteiger partial charge >= 0.3 is 5.97 Å². The van der Waals surface area contributed by atoms with E-state index in [1.165, 1.54) is 0 Å². The minimum absolute atomic E-state index is 0.398. The summed E-state index contributed by atoms with van der Waals surface area (Å²) in [7, 11) is 0. The van der Waals surface area contributed by atoms with Gasteiger partial charge in [0.25, 0.3) is 0 Å². The molecule has 0 aliphatic rings. The first-order valence-corrected chi connectivity index (χ1v) is 4.93. The van der Waals surface area contributed by atoms with Crippen LogP contribution in [0.2, 0.25) is 0 Å². The van der Waals surface area contributed by atoms with Gasteiger partial charge in [-0.25, -0.2) is 4.79 Å². The van der Waals surface area contributed by atoms with Gasteiger partial charge in [0, 0.05) is 4.47 Å². The summed E-state index contributed by atoms with van der Waals surface area (Å²) in [5.74, 6) is -1.29. The predicted octanol–water partition coefficient (Wildman–Crippen LogP) is 1.76. The number of carboxylic acid groups (broad SMARTS) is 1. The average Bonchev–Trinajstić information content (AvgIpc) is 2.26. The Morgan fingerprint density at radius 2 is 2.00 bits per heavy atom. The minimum Gasteiger partial charge on any atom is -0.476 e. The lowest BCUT2D eigenvalue weighted by Gasteiger charge is -2.00. The van der Waals surface area contributed by atoms with Crippen LogP contribution in [0.1, 0.15) is 0 Å². The number of benzene rings is 1. The SMILES string of the molecule is O=C(O)C(/C=N/O)=N/Nc1ccc(Br)cc1. The van der Waals surface area contributed by atoms with Gasteiger partial charge in [-0.3, -0.25) is 5.43 Å². The number of anilines is 1. The zero-order chi connectivity index (χ0) is 12.0. The lowest BCUT2D eigenvalue weighted by Crippen LogP contribution is -2.16. The lowest BCUT2D eigenvalue weighted by atomic mass is 10.3. The topological polar surface area (TPSA) is 94.3 Å². The number of hydrogen-bond acceptors (Lipinski definition) is 5. The van der Waals surface area contributed by atoms with E-state index in [0.29, 0.717) is 5.69 Å². The molecule has 0 aromatic heterocycles. The van der Waals surface area contributed by atoms with E-state index >= 15 is 0 Å². The first-order valence-electron chi connectivity index (χ1n) is 4.13. The van der Waals surface area contributed by atoms with Gasteiger partial charge in [-0.05, 0) is 24.3 Å². The zero-order valence-electron chi connectivity index (χ0n) is 7.96. The Balaban J connectivity index is 2.77. The Hall–Kier alpha value is -1.89. The fourth-order valence-corrected chi connectivity index (χ4v) is 1.10. The molecule has 0 amide bonds. The molecule has 1 aromatic carbocycles. The van der Waals surface area contributed by atoms with Crippen LogP contribution in [0.15, 0.2) is 39.0 Å². The Morgan fingerprint density at radius 1 is 1.38 bits per heavy atom. The number of hydrazone groups is 1. The second-order valence-electron chi connectivity index (χ2n) is 2.67. The maximum absolute atomic E-state index is 10.6. The Bertz CT molecular complexity index is 428. The molecule has 16 heavy (non-hydrogen) atoms. The van der Waals surface area contributed by atoms with Gasteiger partial charge in [-0.2, -0.15) is 5.10 Å². The van der Waals surface area contributed by atoms with Crippen molar-refractivity contribution in [2.45, 2.75) is 0 Å². The summed E-state index contributed by atoms with van der Waals surface area (Å²) < 4.78 is 0.900. The van der Waals surface area contributed by atoms with E-state index in [-0.39, 0.29) is 0 Å². The molecule has 0 saturated carbocycles. The van der Waals surface area contributed by atoms with E-state index in [0.717, 1.165) is 10.7 Å². The van der Waals surface area contributed by atoms with Gasteiger partial charge in [-0.1, -0.05) is 21.1 Å². The minimum atomic E-state index is -1.29. The lowest BCUT2D eigenvalue weighted by molar-refractivity contribution is -0.129. The molecule has 0 heterocycles. The number of nitrogens with zero attached hydrogens (tertiary/aromatic N) is 2. The van der Waals surface area contributed by atoms with Crippen molar-refractivity contribution in [2.24, 2.45) is 10.3 Å². The van der Waals surface area contributed by atoms with Gasteiger partial charge < -0.3 is 10.3 Å². The van der Waals surface area contributed by atoms with Crippen molar-refractivity contribution in [2.75, 3.05) is 5.43 Å².